The van der Waals surface area contributed by atoms with Crippen LogP contribution in [0.5, 0.6) is 0 Å². The summed E-state index contributed by atoms with van der Waals surface area (Å²) in [5.41, 5.74) is 15.4. The van der Waals surface area contributed by atoms with E-state index in [-0.39, 0.29) is 51.2 Å². The number of fused-ring (bicyclic) bond motifs is 3. The maximum atomic E-state index is 13.6. The van der Waals surface area contributed by atoms with Crippen LogP contribution in [0.15, 0.2) is 34.9 Å². The third-order valence-electron chi connectivity index (χ3n) is 12.4. The number of aliphatic hydroxyl groups excluding tert-OH is 3. The van der Waals surface area contributed by atoms with Crippen LogP contribution in [-0.4, -0.2) is 179 Å². The number of ether oxygens (including phenoxy) is 5. The Morgan fingerprint density at radius 2 is 1.38 bits per heavy atom. The van der Waals surface area contributed by atoms with Crippen molar-refractivity contribution < 1.29 is 113 Å². The summed E-state index contributed by atoms with van der Waals surface area (Å²) in [6.07, 6.45) is -14.9. The zero-order valence-corrected chi connectivity index (χ0v) is 44.6. The first-order valence-corrected chi connectivity index (χ1v) is 28.7. The number of nitrogens with one attached hydrogen (secondary N) is 3. The highest BCUT2D eigenvalue weighted by molar-refractivity contribution is 7.66. The van der Waals surface area contributed by atoms with Gasteiger partial charge in [-0.2, -0.15) is 13.6 Å². The Bertz CT molecular complexity index is 3640. The summed E-state index contributed by atoms with van der Waals surface area (Å²) in [6, 6.07) is 0. The van der Waals surface area contributed by atoms with Crippen LogP contribution in [0.4, 0.5) is 22.5 Å². The van der Waals surface area contributed by atoms with E-state index >= 15 is 0 Å². The van der Waals surface area contributed by atoms with Gasteiger partial charge in [-0.05, 0) is 0 Å². The second-order valence-electron chi connectivity index (χ2n) is 17.5. The molecule has 3 saturated heterocycles. The van der Waals surface area contributed by atoms with Crippen molar-refractivity contribution in [2.45, 2.75) is 67.5 Å². The van der Waals surface area contributed by atoms with Crippen LogP contribution in [0, 0.1) is 5.92 Å². The number of anilines is 3. The van der Waals surface area contributed by atoms with E-state index in [0.29, 0.717) is 0 Å². The van der Waals surface area contributed by atoms with Gasteiger partial charge in [-0.1, -0.05) is 4.98 Å². The molecule has 4 unspecified atom stereocenters. The second-order valence-corrected chi connectivity index (χ2v) is 23.5. The highest BCUT2D eigenvalue weighted by Gasteiger charge is 2.53. The van der Waals surface area contributed by atoms with E-state index in [1.807, 2.05) is 0 Å². The predicted molar refractivity (Wildman–Crippen MR) is 255 cm³/mol. The molecule has 0 bridgehead atoms. The Balaban J connectivity index is 0.876. The van der Waals surface area contributed by atoms with Gasteiger partial charge in [0.25, 0.3) is 24.9 Å². The van der Waals surface area contributed by atoms with E-state index in [1.165, 1.54) is 27.1 Å². The number of hydrogen-bond acceptors (Lipinski definition) is 31. The minimum atomic E-state index is -6.26. The molecule has 0 aliphatic carbocycles. The molecule has 0 aromatic carbocycles. The summed E-state index contributed by atoms with van der Waals surface area (Å²) in [5, 5.41) is 35.5. The molecule has 80 heavy (non-hydrogen) atoms. The molecule has 9 rings (SSSR count). The molecule has 45 heteroatoms. The Hall–Kier alpha value is -5.84. The van der Waals surface area contributed by atoms with Crippen LogP contribution < -0.4 is 43.1 Å². The molecule has 6 aromatic heterocycles. The number of hydrogen-bond donors (Lipinski definition) is 12. The van der Waals surface area contributed by atoms with Gasteiger partial charge in [0.1, 0.15) is 54.6 Å². The Kier molecular flexibility index (Phi) is 16.5. The molecule has 41 nitrogen and oxygen atoms in total. The lowest BCUT2D eigenvalue weighted by molar-refractivity contribution is -0.745. The van der Waals surface area contributed by atoms with Gasteiger partial charge in [0.05, 0.1) is 52.7 Å². The summed E-state index contributed by atoms with van der Waals surface area (Å²) in [7, 11) is -20.3. The number of aromatic nitrogens is 12. The first-order chi connectivity index (χ1) is 37.6. The topological polar surface area (TPSA) is 583 Å². The van der Waals surface area contributed by atoms with Gasteiger partial charge in [-0.25, -0.2) is 43.0 Å². The number of aryl methyl sites for hydroxylation is 1. The fraction of sp³-hybridized carbons (Fsp3) is 0.543. The highest BCUT2D eigenvalue weighted by Crippen LogP contribution is 2.68. The summed E-state index contributed by atoms with van der Waals surface area (Å²) in [5.74, 6) is -1.99. The number of aromatic amines is 2. The minimum absolute atomic E-state index is 0.0152. The van der Waals surface area contributed by atoms with Crippen molar-refractivity contribution in [1.82, 2.24) is 58.9 Å². The van der Waals surface area contributed by atoms with Gasteiger partial charge in [0, 0.05) is 19.6 Å². The smallest absolute Gasteiger partial charge is 0.490 e. The summed E-state index contributed by atoms with van der Waals surface area (Å²) in [6.45, 7) is -3.89. The average Bonchev–Trinajstić information content (AvgIpc) is 4.23. The molecule has 0 radical (unpaired) electrons. The third-order valence-corrected chi connectivity index (χ3v) is 17.6. The Morgan fingerprint density at radius 3 is 2.05 bits per heavy atom. The SMILES string of the molecule is COC(=O)NC[C@H]1[C@@H](O)[C@H]([n+]2cn(C)c3c(=O)[nH]c(N)nc32)O[C@@H]1COP(=O)(O)OP(=O)(O)OP(=O)(O)OC[C@H]1O[C@@H](n2cnc3c(N)ncnc32)[C@H](OC)[C@@H]1OP(=O)([O-])OC[C@H]1O[C@@H](n2cnc3c(=O)[nH]c(N)nc32)[C@H](O)[C@@H]1O. The van der Waals surface area contributed by atoms with Crippen LogP contribution in [0.3, 0.4) is 0 Å². The average molecular weight is 1220 g/mol. The van der Waals surface area contributed by atoms with Crippen molar-refractivity contribution in [1.29, 1.82) is 0 Å². The van der Waals surface area contributed by atoms with Gasteiger partial charge in [0.2, 0.25) is 17.7 Å². The quantitative estimate of drug-likeness (QED) is 0.0238. The normalized spacial score (nSPS) is 29.2. The first kappa shape index (κ1) is 58.8. The number of aliphatic hydroxyl groups is 3. The number of alkyl carbamates (subject to hydrolysis) is 1. The van der Waals surface area contributed by atoms with Crippen LogP contribution in [0.25, 0.3) is 33.5 Å². The number of phosphoric ester groups is 3. The van der Waals surface area contributed by atoms with E-state index in [4.69, 9.17) is 54.2 Å². The first-order valence-electron chi connectivity index (χ1n) is 22.7. The maximum Gasteiger partial charge on any atom is 0.490 e. The van der Waals surface area contributed by atoms with E-state index in [2.05, 4.69) is 58.5 Å². The van der Waals surface area contributed by atoms with Crippen molar-refractivity contribution in [3.05, 3.63) is 46.0 Å². The number of nitrogens with two attached hydrogens (primary N) is 3. The minimum Gasteiger partial charge on any atom is -0.756 e. The fourth-order valence-electron chi connectivity index (χ4n) is 8.89. The van der Waals surface area contributed by atoms with Crippen LogP contribution in [0.1, 0.15) is 18.7 Å². The molecule has 0 spiro atoms. The van der Waals surface area contributed by atoms with Crippen molar-refractivity contribution in [2.24, 2.45) is 13.0 Å². The molecule has 438 valence electrons. The van der Waals surface area contributed by atoms with Crippen LogP contribution in [0.2, 0.25) is 0 Å². The van der Waals surface area contributed by atoms with Gasteiger partial charge >= 0.3 is 35.2 Å². The molecule has 15 N–H and O–H groups in total. The number of imidazole rings is 3. The molecule has 16 atom stereocenters. The highest BCUT2D eigenvalue weighted by atomic mass is 31.3. The summed E-state index contributed by atoms with van der Waals surface area (Å²) in [4.78, 5) is 111. The Morgan fingerprint density at radius 1 is 0.762 bits per heavy atom. The monoisotopic (exact) mass is 1220 g/mol. The second kappa shape index (κ2) is 22.5. The lowest BCUT2D eigenvalue weighted by atomic mass is 9.98. The maximum absolute atomic E-state index is 13.6. The van der Waals surface area contributed by atoms with E-state index < -0.39 is 148 Å². The number of carbonyl (C=O) groups excluding carboxylic acids is 1. The van der Waals surface area contributed by atoms with Crippen molar-refractivity contribution >= 4 is 88.6 Å². The molecule has 3 fully saturated rings. The lowest BCUT2D eigenvalue weighted by Gasteiger charge is -2.31. The van der Waals surface area contributed by atoms with Gasteiger partial charge in [-0.15, -0.1) is 0 Å². The number of phosphoric acid groups is 4. The van der Waals surface area contributed by atoms with Crippen LogP contribution in [-0.2, 0) is 75.7 Å². The molecule has 6 aromatic rings. The number of rotatable bonds is 21. The van der Waals surface area contributed by atoms with Crippen molar-refractivity contribution in [2.75, 3.05) is 57.8 Å². The lowest BCUT2D eigenvalue weighted by Crippen LogP contribution is -2.46. The fourth-order valence-corrected chi connectivity index (χ4v) is 13.4. The van der Waals surface area contributed by atoms with Gasteiger partial charge in [0.15, 0.2) is 41.4 Å². The number of nitrogen functional groups attached to an aromatic ring is 3. The number of methoxy groups -OCH3 is 2. The van der Waals surface area contributed by atoms with Crippen molar-refractivity contribution in [3.8, 4) is 0 Å². The number of amides is 1. The molecule has 1 amide bonds. The predicted octanol–water partition coefficient (Wildman–Crippen LogP) is -4.73. The number of nitrogens with zero attached hydrogens (tertiary/aromatic N) is 10. The van der Waals surface area contributed by atoms with E-state index in [0.717, 1.165) is 37.8 Å². The van der Waals surface area contributed by atoms with Gasteiger partial charge < -0.3 is 90.1 Å². The number of carbonyl (C=O) groups is 1. The van der Waals surface area contributed by atoms with Crippen molar-refractivity contribution in [3.63, 3.8) is 0 Å². The third kappa shape index (κ3) is 12.0. The standard InChI is InChI=1S/C35H48N16O25P4/c1-48-11-51(27-18(48)29(56)47-34(38)45-27)30-19(52)12(4-39-35(57)67-3)13(71-30)5-69-78(60,61)75-80(64,65)76-79(62,63)70-7-15-22(23(66-2)32(73-15)49-9-42-16-24(36)40-8-41-25(16)49)74-77(58,59)68-6-14-20(53)21(54)31(72-14)50-10-43-17-26(50)44-33(37)46-28(17)55/h8-15,19-23,30-32,52-54H,4-7H2,1-3H3,(H12-,36,37,38,39,40,41,44,45,46,47,55,56,57,58,59,60,61,62,63,64,65)/t12-,13-,14-,15-,19-,20-,21-,22-,23-,30-,31-,32-/m1/s1. The largest absolute Gasteiger partial charge is 0.756 e. The molecule has 3 aliphatic rings. The molecule has 9 heterocycles. The van der Waals surface area contributed by atoms with Crippen LogP contribution >= 0.6 is 31.3 Å². The van der Waals surface area contributed by atoms with E-state index in [1.54, 1.807) is 0 Å². The zero-order valence-electron chi connectivity index (χ0n) is 41.0. The Labute approximate surface area is 443 Å². The van der Waals surface area contributed by atoms with E-state index in [9.17, 15) is 67.5 Å². The molecular weight excluding hydrogens is 1170 g/mol. The zero-order chi connectivity index (χ0) is 58.0. The number of H-pyrrole nitrogens is 2. The summed E-state index contributed by atoms with van der Waals surface area (Å²) < 4.78 is 114. The molecular formula is C35H48N16O25P4. The molecule has 0 saturated carbocycles. The molecule has 3 aliphatic heterocycles. The summed E-state index contributed by atoms with van der Waals surface area (Å²) >= 11 is 0. The van der Waals surface area contributed by atoms with Gasteiger partial charge in [-0.3, -0.25) is 46.9 Å².